The van der Waals surface area contributed by atoms with E-state index in [0.29, 0.717) is 18.3 Å². The number of para-hydroxylation sites is 1. The number of ketones is 1. The monoisotopic (exact) mass is 303 g/mol. The Morgan fingerprint density at radius 1 is 1.05 bits per heavy atom. The average molecular weight is 303 g/mol. The maximum Gasteiger partial charge on any atom is 0.237 e. The molecule has 0 aliphatic rings. The zero-order chi connectivity index (χ0) is 17.1. The van der Waals surface area contributed by atoms with Crippen molar-refractivity contribution in [3.63, 3.8) is 0 Å². The highest BCUT2D eigenvalue weighted by Gasteiger charge is 2.35. The van der Waals surface area contributed by atoms with Gasteiger partial charge >= 0.3 is 0 Å². The molecular weight excluding hydrogens is 274 g/mol. The number of Topliss-reactive ketones (excluding diaryl/α,β-unsaturated/α-hetero) is 1. The van der Waals surface area contributed by atoms with Crippen molar-refractivity contribution < 1.29 is 9.59 Å². The zero-order valence-corrected chi connectivity index (χ0v) is 14.9. The minimum Gasteiger partial charge on any atom is -0.325 e. The lowest BCUT2D eigenvalue weighted by Gasteiger charge is -2.25. The van der Waals surface area contributed by atoms with E-state index < -0.39 is 5.41 Å². The Hall–Kier alpha value is -1.64. The first-order chi connectivity index (χ1) is 10.1. The molecule has 0 aromatic heterocycles. The van der Waals surface area contributed by atoms with Crippen LogP contribution < -0.4 is 5.32 Å². The van der Waals surface area contributed by atoms with Crippen LogP contribution >= 0.6 is 0 Å². The Labute approximate surface area is 134 Å². The van der Waals surface area contributed by atoms with E-state index in [4.69, 9.17) is 0 Å². The van der Waals surface area contributed by atoms with Crippen molar-refractivity contribution in [2.45, 2.75) is 66.7 Å². The summed E-state index contributed by atoms with van der Waals surface area (Å²) < 4.78 is 0. The molecule has 3 heteroatoms. The van der Waals surface area contributed by atoms with Crippen LogP contribution in [0, 0.1) is 5.41 Å². The fourth-order valence-electron chi connectivity index (χ4n) is 2.53. The van der Waals surface area contributed by atoms with E-state index in [0.717, 1.165) is 16.8 Å². The van der Waals surface area contributed by atoms with Gasteiger partial charge in [0.05, 0.1) is 0 Å². The van der Waals surface area contributed by atoms with E-state index in [9.17, 15) is 9.59 Å². The fraction of sp³-hybridized carbons (Fsp3) is 0.579. The van der Waals surface area contributed by atoms with Crippen LogP contribution in [0.25, 0.3) is 0 Å². The number of anilines is 1. The summed E-state index contributed by atoms with van der Waals surface area (Å²) in [5.41, 5.74) is 2.08. The minimum atomic E-state index is -1.01. The minimum absolute atomic E-state index is 0.0434. The molecule has 1 aromatic rings. The number of rotatable bonds is 6. The summed E-state index contributed by atoms with van der Waals surface area (Å²) >= 11 is 0. The third kappa shape index (κ3) is 3.76. The van der Waals surface area contributed by atoms with Gasteiger partial charge in [-0.15, -0.1) is 0 Å². The molecule has 0 bridgehead atoms. The van der Waals surface area contributed by atoms with E-state index in [2.05, 4.69) is 33.0 Å². The van der Waals surface area contributed by atoms with Crippen LogP contribution in [-0.4, -0.2) is 11.7 Å². The highest BCUT2D eigenvalue weighted by molar-refractivity contribution is 6.11. The van der Waals surface area contributed by atoms with Crippen LogP contribution in [0.2, 0.25) is 0 Å². The number of carbonyl (C=O) groups is 2. The van der Waals surface area contributed by atoms with Crippen molar-refractivity contribution >= 4 is 17.4 Å². The first-order valence-electron chi connectivity index (χ1n) is 8.10. The van der Waals surface area contributed by atoms with Gasteiger partial charge in [0, 0.05) is 12.1 Å². The Morgan fingerprint density at radius 3 is 1.86 bits per heavy atom. The Balaban J connectivity index is 3.27. The van der Waals surface area contributed by atoms with Gasteiger partial charge in [-0.25, -0.2) is 0 Å². The van der Waals surface area contributed by atoms with Gasteiger partial charge in [-0.3, -0.25) is 9.59 Å². The normalized spacial score (nSPS) is 11.9. The van der Waals surface area contributed by atoms with E-state index in [1.54, 1.807) is 20.8 Å². The maximum absolute atomic E-state index is 12.7. The lowest BCUT2D eigenvalue weighted by atomic mass is 9.85. The molecule has 1 aromatic carbocycles. The standard InChI is InChI=1S/C19H29NO2/c1-8-16(21)19(6,7)18(22)20-17-14(12(2)3)10-9-11-15(17)13(4)5/h9-13H,8H2,1-7H3,(H,20,22). The molecule has 0 atom stereocenters. The topological polar surface area (TPSA) is 46.2 Å². The number of nitrogens with one attached hydrogen (secondary N) is 1. The van der Waals surface area contributed by atoms with Crippen molar-refractivity contribution in [3.05, 3.63) is 29.3 Å². The van der Waals surface area contributed by atoms with Crippen LogP contribution in [0.1, 0.15) is 77.8 Å². The van der Waals surface area contributed by atoms with Crippen molar-refractivity contribution in [3.8, 4) is 0 Å². The molecule has 0 fully saturated rings. The Bertz CT molecular complexity index is 530. The summed E-state index contributed by atoms with van der Waals surface area (Å²) in [5.74, 6) is 0.338. The lowest BCUT2D eigenvalue weighted by Crippen LogP contribution is -2.38. The van der Waals surface area contributed by atoms with Gasteiger partial charge in [0.15, 0.2) is 0 Å². The van der Waals surface area contributed by atoms with Gasteiger partial charge < -0.3 is 5.32 Å². The quantitative estimate of drug-likeness (QED) is 0.761. The van der Waals surface area contributed by atoms with Gasteiger partial charge in [-0.2, -0.15) is 0 Å². The second-order valence-electron chi connectivity index (χ2n) is 6.98. The molecule has 0 heterocycles. The van der Waals surface area contributed by atoms with Gasteiger partial charge in [0.1, 0.15) is 11.2 Å². The van der Waals surface area contributed by atoms with Crippen LogP contribution in [0.5, 0.6) is 0 Å². The Morgan fingerprint density at radius 2 is 1.50 bits per heavy atom. The number of benzene rings is 1. The summed E-state index contributed by atoms with van der Waals surface area (Å²) in [5, 5.41) is 3.04. The number of carbonyl (C=O) groups excluding carboxylic acids is 2. The highest BCUT2D eigenvalue weighted by atomic mass is 16.2. The molecule has 1 rings (SSSR count). The zero-order valence-electron chi connectivity index (χ0n) is 14.9. The molecule has 0 spiro atoms. The maximum atomic E-state index is 12.7. The van der Waals surface area contributed by atoms with Crippen LogP contribution in [0.3, 0.4) is 0 Å². The van der Waals surface area contributed by atoms with Crippen LogP contribution in [0.15, 0.2) is 18.2 Å². The summed E-state index contributed by atoms with van der Waals surface area (Å²) in [6, 6.07) is 6.12. The van der Waals surface area contributed by atoms with Crippen molar-refractivity contribution in [1.29, 1.82) is 0 Å². The summed E-state index contributed by atoms with van der Waals surface area (Å²) in [6.07, 6.45) is 0.364. The molecular formula is C19H29NO2. The molecule has 122 valence electrons. The van der Waals surface area contributed by atoms with Gasteiger partial charge in [0.25, 0.3) is 0 Å². The molecule has 0 aliphatic heterocycles. The molecule has 1 N–H and O–H groups in total. The molecule has 3 nitrogen and oxygen atoms in total. The number of amides is 1. The van der Waals surface area contributed by atoms with Gasteiger partial charge in [-0.1, -0.05) is 52.8 Å². The molecule has 0 radical (unpaired) electrons. The van der Waals surface area contributed by atoms with E-state index in [-0.39, 0.29) is 11.7 Å². The SMILES string of the molecule is CCC(=O)C(C)(C)C(=O)Nc1c(C(C)C)cccc1C(C)C. The largest absolute Gasteiger partial charge is 0.325 e. The molecule has 1 amide bonds. The molecule has 0 saturated heterocycles. The lowest BCUT2D eigenvalue weighted by molar-refractivity contribution is -0.136. The number of hydrogen-bond acceptors (Lipinski definition) is 2. The van der Waals surface area contributed by atoms with Crippen molar-refractivity contribution in [2.24, 2.45) is 5.41 Å². The first-order valence-corrected chi connectivity index (χ1v) is 8.10. The number of hydrogen-bond donors (Lipinski definition) is 1. The second-order valence-corrected chi connectivity index (χ2v) is 6.98. The smallest absolute Gasteiger partial charge is 0.237 e. The molecule has 0 unspecified atom stereocenters. The second kappa shape index (κ2) is 7.08. The summed E-state index contributed by atoms with van der Waals surface area (Å²) in [7, 11) is 0. The van der Waals surface area contributed by atoms with E-state index in [1.807, 2.05) is 18.2 Å². The van der Waals surface area contributed by atoms with E-state index in [1.165, 1.54) is 0 Å². The van der Waals surface area contributed by atoms with Gasteiger partial charge in [-0.05, 0) is 36.8 Å². The van der Waals surface area contributed by atoms with Gasteiger partial charge in [0.2, 0.25) is 5.91 Å². The summed E-state index contributed by atoms with van der Waals surface area (Å²) in [6.45, 7) is 13.6. The van der Waals surface area contributed by atoms with E-state index >= 15 is 0 Å². The molecule has 0 saturated carbocycles. The third-order valence-corrected chi connectivity index (χ3v) is 4.20. The Kier molecular flexibility index (Phi) is 5.92. The van der Waals surface area contributed by atoms with Crippen LogP contribution in [0.4, 0.5) is 5.69 Å². The highest BCUT2D eigenvalue weighted by Crippen LogP contribution is 2.33. The fourth-order valence-corrected chi connectivity index (χ4v) is 2.53. The van der Waals surface area contributed by atoms with Crippen molar-refractivity contribution in [1.82, 2.24) is 0 Å². The molecule has 22 heavy (non-hydrogen) atoms. The third-order valence-electron chi connectivity index (χ3n) is 4.20. The van der Waals surface area contributed by atoms with Crippen molar-refractivity contribution in [2.75, 3.05) is 5.32 Å². The molecule has 0 aliphatic carbocycles. The first kappa shape index (κ1) is 18.4. The van der Waals surface area contributed by atoms with Crippen LogP contribution in [-0.2, 0) is 9.59 Å². The average Bonchev–Trinajstić information content (AvgIpc) is 2.45. The predicted octanol–water partition coefficient (Wildman–Crippen LogP) is 4.88. The summed E-state index contributed by atoms with van der Waals surface area (Å²) in [4.78, 5) is 24.7. The predicted molar refractivity (Wildman–Crippen MR) is 92.3 cm³/mol.